The van der Waals surface area contributed by atoms with Crippen LogP contribution >= 0.6 is 24.0 Å². The Morgan fingerprint density at radius 2 is 1.89 bits per heavy atom. The van der Waals surface area contributed by atoms with Gasteiger partial charge in [-0.25, -0.2) is 4.99 Å². The van der Waals surface area contributed by atoms with Crippen LogP contribution in [-0.4, -0.2) is 52.6 Å². The Labute approximate surface area is 117 Å². The third kappa shape index (κ3) is 4.54. The minimum absolute atomic E-state index is 0.203. The number of rotatable bonds is 1. The van der Waals surface area contributed by atoms with Crippen molar-refractivity contribution in [3.63, 3.8) is 0 Å². The Balaban J connectivity index is 2.95. The first-order valence-electron chi connectivity index (χ1n) is 5.34. The van der Waals surface area contributed by atoms with Gasteiger partial charge in [-0.3, -0.25) is 0 Å². The molecule has 1 N–H and O–H groups in total. The Bertz CT molecular complexity index is 458. The van der Waals surface area contributed by atoms with E-state index in [1.165, 1.54) is 11.8 Å². The van der Waals surface area contributed by atoms with Crippen molar-refractivity contribution < 1.29 is 5.11 Å². The van der Waals surface area contributed by atoms with E-state index >= 15 is 0 Å². The van der Waals surface area contributed by atoms with Crippen molar-refractivity contribution in [1.29, 1.82) is 0 Å². The summed E-state index contributed by atoms with van der Waals surface area (Å²) in [6, 6.07) is 6.83. The van der Waals surface area contributed by atoms with E-state index in [1.54, 1.807) is 18.2 Å². The summed E-state index contributed by atoms with van der Waals surface area (Å²) < 4.78 is 0.739. The number of amidine groups is 1. The van der Waals surface area contributed by atoms with Crippen LogP contribution in [0.25, 0.3) is 0 Å². The van der Waals surface area contributed by atoms with E-state index in [4.69, 9.17) is 12.2 Å². The van der Waals surface area contributed by atoms with Crippen LogP contribution in [0.2, 0.25) is 0 Å². The zero-order chi connectivity index (χ0) is 13.7. The molecule has 98 valence electrons. The molecule has 0 aromatic heterocycles. The quantitative estimate of drug-likeness (QED) is 0.487. The van der Waals surface area contributed by atoms with E-state index in [2.05, 4.69) is 4.99 Å². The summed E-state index contributed by atoms with van der Waals surface area (Å²) in [6.07, 6.45) is 0. The smallest absolute Gasteiger partial charge is 0.170 e. The number of benzene rings is 1. The highest BCUT2D eigenvalue weighted by Crippen LogP contribution is 2.22. The first-order valence-corrected chi connectivity index (χ1v) is 6.57. The lowest BCUT2D eigenvalue weighted by molar-refractivity contribution is 0.475. The molecule has 0 aliphatic carbocycles. The minimum atomic E-state index is 0.203. The molecule has 0 heterocycles. The number of hydrogen-bond acceptors (Lipinski definition) is 4. The fraction of sp³-hybridized carbons (Fsp3) is 0.333. The summed E-state index contributed by atoms with van der Waals surface area (Å²) in [6.45, 7) is 0. The van der Waals surface area contributed by atoms with E-state index in [0.717, 1.165) is 9.49 Å². The predicted octanol–water partition coefficient (Wildman–Crippen LogP) is 2.52. The van der Waals surface area contributed by atoms with Gasteiger partial charge in [0.15, 0.2) is 5.17 Å². The van der Waals surface area contributed by atoms with Gasteiger partial charge in [-0.05, 0) is 23.9 Å². The molecule has 1 aromatic rings. The summed E-state index contributed by atoms with van der Waals surface area (Å²) in [5.41, 5.74) is 0.702. The van der Waals surface area contributed by atoms with Crippen molar-refractivity contribution in [2.24, 2.45) is 4.99 Å². The first-order chi connectivity index (χ1) is 8.40. The van der Waals surface area contributed by atoms with Crippen molar-refractivity contribution >= 4 is 39.2 Å². The maximum Gasteiger partial charge on any atom is 0.170 e. The van der Waals surface area contributed by atoms with Gasteiger partial charge in [0, 0.05) is 34.3 Å². The van der Waals surface area contributed by atoms with Crippen LogP contribution in [-0.2, 0) is 0 Å². The highest BCUT2D eigenvalue weighted by atomic mass is 32.2. The molecule has 0 aliphatic rings. The molecule has 0 unspecified atom stereocenters. The van der Waals surface area contributed by atoms with Gasteiger partial charge >= 0.3 is 0 Å². The van der Waals surface area contributed by atoms with Gasteiger partial charge in [-0.15, -0.1) is 0 Å². The number of aliphatic imine (C=N–C) groups is 1. The van der Waals surface area contributed by atoms with Crippen molar-refractivity contribution in [3.8, 4) is 5.75 Å². The van der Waals surface area contributed by atoms with Crippen LogP contribution in [0.5, 0.6) is 5.75 Å². The van der Waals surface area contributed by atoms with Crippen LogP contribution in [0.4, 0.5) is 5.69 Å². The van der Waals surface area contributed by atoms with E-state index in [1.807, 2.05) is 44.1 Å². The van der Waals surface area contributed by atoms with Crippen molar-refractivity contribution in [2.45, 2.75) is 0 Å². The van der Waals surface area contributed by atoms with Gasteiger partial charge in [-0.2, -0.15) is 0 Å². The summed E-state index contributed by atoms with van der Waals surface area (Å²) in [5, 5.41) is 10.2. The first kappa shape index (κ1) is 14.8. The lowest BCUT2D eigenvalue weighted by Gasteiger charge is -2.18. The zero-order valence-corrected chi connectivity index (χ0v) is 12.5. The molecule has 0 bridgehead atoms. The minimum Gasteiger partial charge on any atom is -0.508 e. The summed E-state index contributed by atoms with van der Waals surface area (Å²) >= 11 is 6.66. The van der Waals surface area contributed by atoms with Crippen LogP contribution in [0, 0.1) is 0 Å². The standard InChI is InChI=1S/C12H17N3OS2/c1-14(2)11(18-12(17)15(3)4)13-9-6-5-7-10(16)8-9/h5-8,16H,1-4H3. The molecule has 0 aliphatic heterocycles. The molecule has 0 atom stereocenters. The third-order valence-corrected chi connectivity index (χ3v) is 3.77. The second-order valence-electron chi connectivity index (χ2n) is 4.07. The normalized spacial score (nSPS) is 11.2. The number of phenolic OH excluding ortho intramolecular Hbond substituents is 1. The van der Waals surface area contributed by atoms with Gasteiger partial charge < -0.3 is 14.9 Å². The average molecular weight is 283 g/mol. The lowest BCUT2D eigenvalue weighted by Crippen LogP contribution is -2.24. The summed E-state index contributed by atoms with van der Waals surface area (Å²) in [5.74, 6) is 0.203. The van der Waals surface area contributed by atoms with Crippen LogP contribution < -0.4 is 0 Å². The van der Waals surface area contributed by atoms with Crippen molar-refractivity contribution in [1.82, 2.24) is 9.80 Å². The Morgan fingerprint density at radius 3 is 2.39 bits per heavy atom. The molecule has 0 radical (unpaired) electrons. The number of aromatic hydroxyl groups is 1. The fourth-order valence-corrected chi connectivity index (χ4v) is 1.95. The molecule has 18 heavy (non-hydrogen) atoms. The molecule has 0 saturated heterocycles. The molecule has 0 saturated carbocycles. The maximum absolute atomic E-state index is 9.41. The number of thioether (sulfide) groups is 1. The lowest BCUT2D eigenvalue weighted by atomic mass is 10.3. The van der Waals surface area contributed by atoms with E-state index in [-0.39, 0.29) is 5.75 Å². The number of phenols is 1. The summed E-state index contributed by atoms with van der Waals surface area (Å²) in [4.78, 5) is 8.23. The average Bonchev–Trinajstić information content (AvgIpc) is 2.27. The molecule has 0 fully saturated rings. The van der Waals surface area contributed by atoms with E-state index in [9.17, 15) is 5.11 Å². The zero-order valence-electron chi connectivity index (χ0n) is 10.9. The van der Waals surface area contributed by atoms with Crippen LogP contribution in [0.1, 0.15) is 0 Å². The molecular formula is C12H17N3OS2. The molecule has 0 amide bonds. The van der Waals surface area contributed by atoms with Gasteiger partial charge in [0.25, 0.3) is 0 Å². The van der Waals surface area contributed by atoms with Gasteiger partial charge in [-0.1, -0.05) is 18.3 Å². The number of thiocarbonyl (C=S) groups is 1. The Kier molecular flexibility index (Phi) is 5.43. The molecule has 0 spiro atoms. The van der Waals surface area contributed by atoms with E-state index in [0.29, 0.717) is 5.69 Å². The molecule has 1 rings (SSSR count). The second-order valence-corrected chi connectivity index (χ2v) is 5.67. The molecule has 1 aromatic carbocycles. The highest BCUT2D eigenvalue weighted by Gasteiger charge is 2.09. The SMILES string of the molecule is CN(C)C(=S)SC(=Nc1cccc(O)c1)N(C)C. The molecule has 6 heteroatoms. The fourth-order valence-electron chi connectivity index (χ4n) is 1.06. The van der Waals surface area contributed by atoms with Crippen LogP contribution in [0.3, 0.4) is 0 Å². The van der Waals surface area contributed by atoms with Gasteiger partial charge in [0.1, 0.15) is 10.1 Å². The largest absolute Gasteiger partial charge is 0.508 e. The van der Waals surface area contributed by atoms with E-state index < -0.39 is 0 Å². The van der Waals surface area contributed by atoms with Gasteiger partial charge in [0.2, 0.25) is 0 Å². The maximum atomic E-state index is 9.41. The molecule has 4 nitrogen and oxygen atoms in total. The third-order valence-electron chi connectivity index (χ3n) is 1.98. The van der Waals surface area contributed by atoms with Crippen molar-refractivity contribution in [3.05, 3.63) is 24.3 Å². The Hall–Kier alpha value is -1.27. The predicted molar refractivity (Wildman–Crippen MR) is 82.8 cm³/mol. The topological polar surface area (TPSA) is 39.1 Å². The highest BCUT2D eigenvalue weighted by molar-refractivity contribution is 8.32. The molecular weight excluding hydrogens is 266 g/mol. The number of nitrogens with zero attached hydrogens (tertiary/aromatic N) is 3. The number of hydrogen-bond donors (Lipinski definition) is 1. The second kappa shape index (κ2) is 6.61. The van der Waals surface area contributed by atoms with Gasteiger partial charge in [0.05, 0.1) is 5.69 Å². The Morgan fingerprint density at radius 1 is 1.22 bits per heavy atom. The van der Waals surface area contributed by atoms with Crippen LogP contribution in [0.15, 0.2) is 29.3 Å². The monoisotopic (exact) mass is 283 g/mol. The van der Waals surface area contributed by atoms with Crippen molar-refractivity contribution in [2.75, 3.05) is 28.2 Å². The summed E-state index contributed by atoms with van der Waals surface area (Å²) in [7, 11) is 7.62.